The van der Waals surface area contributed by atoms with Gasteiger partial charge in [0.1, 0.15) is 0 Å². The zero-order valence-electron chi connectivity index (χ0n) is 9.46. The lowest BCUT2D eigenvalue weighted by molar-refractivity contribution is -0.137. The molecule has 0 spiro atoms. The molecule has 0 aromatic carbocycles. The highest BCUT2D eigenvalue weighted by molar-refractivity contribution is 7.89. The number of sulfonamides is 1. The van der Waals surface area contributed by atoms with Crippen molar-refractivity contribution in [1.82, 2.24) is 14.3 Å². The molecule has 17 heavy (non-hydrogen) atoms. The minimum absolute atomic E-state index is 0.0294. The monoisotopic (exact) mass is 261 g/mol. The Balaban J connectivity index is 2.38. The second-order valence-corrected chi connectivity index (χ2v) is 5.34. The van der Waals surface area contributed by atoms with Crippen LogP contribution in [0.15, 0.2) is 17.6 Å². The molecule has 1 aromatic rings. The van der Waals surface area contributed by atoms with Gasteiger partial charge in [-0.1, -0.05) is 0 Å². The number of aliphatic carboxylic acids is 1. The number of nitrogens with zero attached hydrogens (tertiary/aromatic N) is 2. The Morgan fingerprint density at radius 2 is 2.24 bits per heavy atom. The average Bonchev–Trinajstić information content (AvgIpc) is 2.64. The van der Waals surface area contributed by atoms with Gasteiger partial charge in [-0.05, 0) is 12.8 Å². The van der Waals surface area contributed by atoms with Gasteiger partial charge in [-0.2, -0.15) is 0 Å². The number of carboxylic acids is 1. The predicted octanol–water partition coefficient (Wildman–Crippen LogP) is -0.0467. The number of aromatic nitrogens is 2. The van der Waals surface area contributed by atoms with Gasteiger partial charge < -0.3 is 9.67 Å². The molecule has 0 radical (unpaired) electrons. The van der Waals surface area contributed by atoms with Crippen LogP contribution in [0.5, 0.6) is 0 Å². The maximum absolute atomic E-state index is 11.6. The van der Waals surface area contributed by atoms with E-state index >= 15 is 0 Å². The molecule has 0 atom stereocenters. The van der Waals surface area contributed by atoms with E-state index in [1.807, 2.05) is 0 Å². The number of rotatable bonds is 7. The Labute approximate surface area is 99.5 Å². The summed E-state index contributed by atoms with van der Waals surface area (Å²) in [7, 11) is -1.89. The van der Waals surface area contributed by atoms with E-state index < -0.39 is 16.0 Å². The topological polar surface area (TPSA) is 101 Å². The molecule has 2 N–H and O–H groups in total. The number of carboxylic acid groups (broad SMARTS) is 1. The van der Waals surface area contributed by atoms with Crippen LogP contribution in [0.2, 0.25) is 0 Å². The van der Waals surface area contributed by atoms with E-state index in [1.165, 1.54) is 12.5 Å². The van der Waals surface area contributed by atoms with Crippen LogP contribution in [0.3, 0.4) is 0 Å². The largest absolute Gasteiger partial charge is 0.481 e. The van der Waals surface area contributed by atoms with Crippen molar-refractivity contribution in [2.75, 3.05) is 6.54 Å². The maximum Gasteiger partial charge on any atom is 0.303 e. The molecule has 0 amide bonds. The van der Waals surface area contributed by atoms with Gasteiger partial charge in [-0.15, -0.1) is 0 Å². The molecule has 96 valence electrons. The third-order valence-corrected chi connectivity index (χ3v) is 3.41. The first-order chi connectivity index (χ1) is 7.92. The summed E-state index contributed by atoms with van der Waals surface area (Å²) >= 11 is 0. The van der Waals surface area contributed by atoms with Crippen molar-refractivity contribution in [3.63, 3.8) is 0 Å². The van der Waals surface area contributed by atoms with Crippen molar-refractivity contribution in [2.45, 2.75) is 24.3 Å². The Kier molecular flexibility index (Phi) is 4.64. The maximum atomic E-state index is 11.6. The van der Waals surface area contributed by atoms with Crippen molar-refractivity contribution in [2.24, 2.45) is 7.05 Å². The Morgan fingerprint density at radius 1 is 1.53 bits per heavy atom. The smallest absolute Gasteiger partial charge is 0.303 e. The quantitative estimate of drug-likeness (QED) is 0.670. The minimum Gasteiger partial charge on any atom is -0.481 e. The van der Waals surface area contributed by atoms with E-state index in [2.05, 4.69) is 9.71 Å². The summed E-state index contributed by atoms with van der Waals surface area (Å²) in [5.41, 5.74) is 0. The van der Waals surface area contributed by atoms with Crippen LogP contribution in [0.4, 0.5) is 0 Å². The fraction of sp³-hybridized carbons (Fsp3) is 0.556. The van der Waals surface area contributed by atoms with Gasteiger partial charge >= 0.3 is 5.97 Å². The fourth-order valence-corrected chi connectivity index (χ4v) is 2.26. The van der Waals surface area contributed by atoms with Crippen molar-refractivity contribution in [1.29, 1.82) is 0 Å². The van der Waals surface area contributed by atoms with Crippen molar-refractivity contribution in [3.8, 4) is 0 Å². The van der Waals surface area contributed by atoms with Crippen molar-refractivity contribution >= 4 is 16.0 Å². The lowest BCUT2D eigenvalue weighted by Crippen LogP contribution is -2.25. The van der Waals surface area contributed by atoms with E-state index in [0.29, 0.717) is 12.8 Å². The summed E-state index contributed by atoms with van der Waals surface area (Å²) in [6.45, 7) is 0.214. The molecule has 1 rings (SSSR count). The number of carbonyl (C=O) groups is 1. The lowest BCUT2D eigenvalue weighted by Gasteiger charge is -2.03. The Morgan fingerprint density at radius 3 is 2.76 bits per heavy atom. The second-order valence-electron chi connectivity index (χ2n) is 3.63. The molecule has 7 nitrogen and oxygen atoms in total. The first kappa shape index (κ1) is 13.7. The number of aryl methyl sites for hydroxylation is 1. The molecule has 0 fully saturated rings. The van der Waals surface area contributed by atoms with Gasteiger partial charge in [0.25, 0.3) is 10.0 Å². The fourth-order valence-electron chi connectivity index (χ4n) is 1.21. The first-order valence-corrected chi connectivity index (χ1v) is 6.59. The number of nitrogens with one attached hydrogen (secondary N) is 1. The summed E-state index contributed by atoms with van der Waals surface area (Å²) in [5, 5.41) is 8.37. The van der Waals surface area contributed by atoms with Crippen molar-refractivity contribution in [3.05, 3.63) is 12.5 Å². The van der Waals surface area contributed by atoms with Crippen LogP contribution >= 0.6 is 0 Å². The van der Waals surface area contributed by atoms with E-state index in [0.717, 1.165) is 0 Å². The lowest BCUT2D eigenvalue weighted by atomic mass is 10.2. The van der Waals surface area contributed by atoms with Crippen molar-refractivity contribution < 1.29 is 18.3 Å². The van der Waals surface area contributed by atoms with Gasteiger partial charge in [0.05, 0.1) is 6.33 Å². The Hall–Kier alpha value is -1.41. The summed E-state index contributed by atoms with van der Waals surface area (Å²) < 4.78 is 27.2. The highest BCUT2D eigenvalue weighted by atomic mass is 32.2. The molecule has 0 aliphatic carbocycles. The number of hydrogen-bond acceptors (Lipinski definition) is 4. The van der Waals surface area contributed by atoms with Crippen LogP contribution in [-0.4, -0.2) is 35.6 Å². The standard InChI is InChI=1S/C9H15N3O4S/c1-12-6-8(10-7-12)17(15,16)11-5-3-2-4-9(13)14/h6-7,11H,2-5H2,1H3,(H,13,14). The molecule has 8 heteroatoms. The molecule has 0 aliphatic heterocycles. The van der Waals surface area contributed by atoms with Gasteiger partial charge in [0, 0.05) is 26.2 Å². The average molecular weight is 261 g/mol. The summed E-state index contributed by atoms with van der Waals surface area (Å²) in [6, 6.07) is 0. The zero-order valence-corrected chi connectivity index (χ0v) is 10.3. The molecule has 1 aromatic heterocycles. The molecule has 1 heterocycles. The summed E-state index contributed by atoms with van der Waals surface area (Å²) in [5.74, 6) is -0.877. The molecule has 0 bridgehead atoms. The van der Waals surface area contributed by atoms with Crippen LogP contribution in [-0.2, 0) is 21.9 Å². The van der Waals surface area contributed by atoms with E-state index in [9.17, 15) is 13.2 Å². The number of unbranched alkanes of at least 4 members (excludes halogenated alkanes) is 1. The van der Waals surface area contributed by atoms with Crippen LogP contribution in [0.25, 0.3) is 0 Å². The summed E-state index contributed by atoms with van der Waals surface area (Å²) in [4.78, 5) is 14.0. The highest BCUT2D eigenvalue weighted by Gasteiger charge is 2.15. The third-order valence-electron chi connectivity index (χ3n) is 2.07. The first-order valence-electron chi connectivity index (χ1n) is 5.11. The van der Waals surface area contributed by atoms with Crippen LogP contribution in [0.1, 0.15) is 19.3 Å². The molecule has 0 saturated heterocycles. The van der Waals surface area contributed by atoms with Gasteiger partial charge in [-0.3, -0.25) is 4.79 Å². The Bertz CT molecular complexity index is 480. The normalized spacial score (nSPS) is 11.6. The minimum atomic E-state index is -3.57. The number of hydrogen-bond donors (Lipinski definition) is 2. The molecule has 0 unspecified atom stereocenters. The SMILES string of the molecule is Cn1cnc(S(=O)(=O)NCCCCC(=O)O)c1. The molecular formula is C9H15N3O4S. The van der Waals surface area contributed by atoms with E-state index in [1.54, 1.807) is 11.6 Å². The number of imidazole rings is 1. The molecule has 0 saturated carbocycles. The van der Waals surface area contributed by atoms with Crippen LogP contribution < -0.4 is 4.72 Å². The molecule has 0 aliphatic rings. The zero-order chi connectivity index (χ0) is 12.9. The van der Waals surface area contributed by atoms with Gasteiger partial charge in [0.2, 0.25) is 0 Å². The third kappa shape index (κ3) is 4.53. The summed E-state index contributed by atoms with van der Waals surface area (Å²) in [6.07, 6.45) is 3.78. The highest BCUT2D eigenvalue weighted by Crippen LogP contribution is 2.04. The molecular weight excluding hydrogens is 246 g/mol. The van der Waals surface area contributed by atoms with E-state index in [4.69, 9.17) is 5.11 Å². The van der Waals surface area contributed by atoms with Crippen LogP contribution in [0, 0.1) is 0 Å². The van der Waals surface area contributed by atoms with Gasteiger partial charge in [0.15, 0.2) is 5.03 Å². The van der Waals surface area contributed by atoms with E-state index in [-0.39, 0.29) is 18.0 Å². The van der Waals surface area contributed by atoms with Gasteiger partial charge in [-0.25, -0.2) is 18.1 Å². The predicted molar refractivity (Wildman–Crippen MR) is 59.9 cm³/mol. The second kappa shape index (κ2) is 5.78.